The van der Waals surface area contributed by atoms with Crippen molar-refractivity contribution in [2.75, 3.05) is 0 Å². The molecule has 68 valence electrons. The van der Waals surface area contributed by atoms with Crippen molar-refractivity contribution in [2.24, 2.45) is 5.73 Å². The molecule has 0 fully saturated rings. The van der Waals surface area contributed by atoms with Crippen molar-refractivity contribution >= 4 is 5.78 Å². The molecule has 2 rings (SSSR count). The van der Waals surface area contributed by atoms with Crippen molar-refractivity contribution in [3.8, 4) is 0 Å². The molecule has 0 aliphatic carbocycles. The second-order valence-electron chi connectivity index (χ2n) is 2.77. The fourth-order valence-corrected chi connectivity index (χ4v) is 1.25. The quantitative estimate of drug-likeness (QED) is 0.708. The molecular weight excluding hydrogens is 166 g/mol. The molecule has 2 aromatic heterocycles. The summed E-state index contributed by atoms with van der Waals surface area (Å²) in [6.07, 6.45) is 2.37. The van der Waals surface area contributed by atoms with Crippen molar-refractivity contribution in [1.82, 2.24) is 19.6 Å². The summed E-state index contributed by atoms with van der Waals surface area (Å²) in [4.78, 5) is 8.32. The molecule has 0 aliphatic rings. The zero-order chi connectivity index (χ0) is 9.26. The molecule has 2 aromatic rings. The van der Waals surface area contributed by atoms with Crippen molar-refractivity contribution in [3.05, 3.63) is 23.8 Å². The summed E-state index contributed by atoms with van der Waals surface area (Å²) >= 11 is 0. The average Bonchev–Trinajstić information content (AvgIpc) is 2.63. The third kappa shape index (κ3) is 1.27. The number of aryl methyl sites for hydroxylation is 1. The maximum atomic E-state index is 5.58. The number of nitrogens with zero attached hydrogens (tertiary/aromatic N) is 4. The molecule has 0 amide bonds. The van der Waals surface area contributed by atoms with Gasteiger partial charge in [-0.1, -0.05) is 6.92 Å². The Bertz CT molecular complexity index is 419. The summed E-state index contributed by atoms with van der Waals surface area (Å²) in [5, 5.41) is 4.03. The normalized spacial score (nSPS) is 10.9. The molecule has 2 N–H and O–H groups in total. The van der Waals surface area contributed by atoms with Crippen LogP contribution in [0.3, 0.4) is 0 Å². The summed E-state index contributed by atoms with van der Waals surface area (Å²) in [7, 11) is 0. The molecule has 0 unspecified atom stereocenters. The third-order valence-electron chi connectivity index (χ3n) is 1.95. The van der Waals surface area contributed by atoms with E-state index in [-0.39, 0.29) is 0 Å². The van der Waals surface area contributed by atoms with E-state index < -0.39 is 0 Å². The molecule has 5 nitrogen and oxygen atoms in total. The molecule has 0 radical (unpaired) electrons. The van der Waals surface area contributed by atoms with E-state index in [0.29, 0.717) is 12.3 Å². The van der Waals surface area contributed by atoms with Gasteiger partial charge < -0.3 is 5.73 Å². The van der Waals surface area contributed by atoms with Crippen LogP contribution >= 0.6 is 0 Å². The zero-order valence-electron chi connectivity index (χ0n) is 7.44. The van der Waals surface area contributed by atoms with Gasteiger partial charge in [-0.25, -0.2) is 9.50 Å². The highest BCUT2D eigenvalue weighted by Crippen LogP contribution is 2.04. The van der Waals surface area contributed by atoms with Gasteiger partial charge in [-0.05, 0) is 12.5 Å². The van der Waals surface area contributed by atoms with Crippen LogP contribution < -0.4 is 5.73 Å². The zero-order valence-corrected chi connectivity index (χ0v) is 7.44. The molecular formula is C8H11N5. The SMILES string of the molecule is CCc1cc(CN)n2ncnc2n1. The van der Waals surface area contributed by atoms with E-state index in [9.17, 15) is 0 Å². The third-order valence-corrected chi connectivity index (χ3v) is 1.95. The standard InChI is InChI=1S/C8H11N5/c1-2-6-3-7(4-9)13-8(12-6)10-5-11-13/h3,5H,2,4,9H2,1H3. The van der Waals surface area contributed by atoms with Crippen molar-refractivity contribution in [1.29, 1.82) is 0 Å². The summed E-state index contributed by atoms with van der Waals surface area (Å²) in [5.74, 6) is 0.625. The Kier molecular flexibility index (Phi) is 1.94. The first kappa shape index (κ1) is 8.12. The molecule has 0 saturated carbocycles. The minimum absolute atomic E-state index is 0.454. The Morgan fingerprint density at radius 3 is 3.08 bits per heavy atom. The smallest absolute Gasteiger partial charge is 0.252 e. The highest BCUT2D eigenvalue weighted by atomic mass is 15.3. The van der Waals surface area contributed by atoms with Gasteiger partial charge in [-0.15, -0.1) is 0 Å². The van der Waals surface area contributed by atoms with Gasteiger partial charge in [0.2, 0.25) is 0 Å². The van der Waals surface area contributed by atoms with Gasteiger partial charge in [0.1, 0.15) is 6.33 Å². The van der Waals surface area contributed by atoms with Crippen LogP contribution in [0.4, 0.5) is 0 Å². The monoisotopic (exact) mass is 177 g/mol. The molecule has 0 spiro atoms. The number of aromatic nitrogens is 4. The molecule has 0 atom stereocenters. The topological polar surface area (TPSA) is 69.1 Å². The van der Waals surface area contributed by atoms with Crippen LogP contribution in [0.1, 0.15) is 18.3 Å². The molecule has 0 aromatic carbocycles. The number of rotatable bonds is 2. The van der Waals surface area contributed by atoms with Crippen LogP contribution in [-0.4, -0.2) is 19.6 Å². The van der Waals surface area contributed by atoms with Gasteiger partial charge in [0.05, 0.1) is 5.69 Å². The first-order valence-electron chi connectivity index (χ1n) is 4.23. The van der Waals surface area contributed by atoms with Crippen LogP contribution in [0.5, 0.6) is 0 Å². The first-order chi connectivity index (χ1) is 6.35. The maximum absolute atomic E-state index is 5.58. The van der Waals surface area contributed by atoms with Crippen molar-refractivity contribution < 1.29 is 0 Å². The Morgan fingerprint density at radius 1 is 1.54 bits per heavy atom. The van der Waals surface area contributed by atoms with Crippen LogP contribution in [0, 0.1) is 0 Å². The summed E-state index contributed by atoms with van der Waals surface area (Å²) in [6, 6.07) is 1.96. The second kappa shape index (κ2) is 3.10. The Labute approximate surface area is 75.6 Å². The van der Waals surface area contributed by atoms with Crippen LogP contribution in [0.2, 0.25) is 0 Å². The Balaban J connectivity index is 2.70. The van der Waals surface area contributed by atoms with E-state index in [4.69, 9.17) is 5.73 Å². The highest BCUT2D eigenvalue weighted by molar-refractivity contribution is 5.30. The predicted octanol–water partition coefficient (Wildman–Crippen LogP) is 0.145. The van der Waals surface area contributed by atoms with Gasteiger partial charge in [-0.2, -0.15) is 10.1 Å². The lowest BCUT2D eigenvalue weighted by Gasteiger charge is -2.02. The first-order valence-corrected chi connectivity index (χ1v) is 4.23. The molecule has 0 aliphatic heterocycles. The van der Waals surface area contributed by atoms with E-state index >= 15 is 0 Å². The summed E-state index contributed by atoms with van der Waals surface area (Å²) < 4.78 is 1.67. The van der Waals surface area contributed by atoms with E-state index in [1.807, 2.05) is 6.07 Å². The second-order valence-corrected chi connectivity index (χ2v) is 2.77. The van der Waals surface area contributed by atoms with E-state index in [2.05, 4.69) is 22.0 Å². The predicted molar refractivity (Wildman–Crippen MR) is 48.1 cm³/mol. The highest BCUT2D eigenvalue weighted by Gasteiger charge is 2.04. The fourth-order valence-electron chi connectivity index (χ4n) is 1.25. The summed E-state index contributed by atoms with van der Waals surface area (Å²) in [6.45, 7) is 2.50. The fraction of sp³-hybridized carbons (Fsp3) is 0.375. The Morgan fingerprint density at radius 2 is 2.38 bits per heavy atom. The number of fused-ring (bicyclic) bond motifs is 1. The minimum atomic E-state index is 0.454. The van der Waals surface area contributed by atoms with Gasteiger partial charge in [-0.3, -0.25) is 0 Å². The minimum Gasteiger partial charge on any atom is -0.325 e. The number of nitrogens with two attached hydrogens (primary N) is 1. The molecule has 13 heavy (non-hydrogen) atoms. The number of hydrogen-bond acceptors (Lipinski definition) is 4. The molecule has 0 saturated heterocycles. The number of hydrogen-bond donors (Lipinski definition) is 1. The lowest BCUT2D eigenvalue weighted by Crippen LogP contribution is -2.07. The molecule has 2 heterocycles. The lowest BCUT2D eigenvalue weighted by atomic mass is 10.3. The largest absolute Gasteiger partial charge is 0.325 e. The van der Waals surface area contributed by atoms with Crippen molar-refractivity contribution in [2.45, 2.75) is 19.9 Å². The molecule has 0 bridgehead atoms. The van der Waals surface area contributed by atoms with E-state index in [1.165, 1.54) is 6.33 Å². The average molecular weight is 177 g/mol. The maximum Gasteiger partial charge on any atom is 0.252 e. The lowest BCUT2D eigenvalue weighted by molar-refractivity contribution is 0.819. The molecule has 5 heteroatoms. The van der Waals surface area contributed by atoms with Gasteiger partial charge in [0, 0.05) is 12.2 Å². The van der Waals surface area contributed by atoms with E-state index in [0.717, 1.165) is 17.8 Å². The summed E-state index contributed by atoms with van der Waals surface area (Å²) in [5.41, 5.74) is 7.53. The van der Waals surface area contributed by atoms with Gasteiger partial charge in [0.15, 0.2) is 0 Å². The Hall–Kier alpha value is -1.49. The van der Waals surface area contributed by atoms with Crippen LogP contribution in [0.25, 0.3) is 5.78 Å². The van der Waals surface area contributed by atoms with Gasteiger partial charge >= 0.3 is 0 Å². The van der Waals surface area contributed by atoms with Crippen LogP contribution in [0.15, 0.2) is 12.4 Å². The van der Waals surface area contributed by atoms with Crippen LogP contribution in [-0.2, 0) is 13.0 Å². The van der Waals surface area contributed by atoms with E-state index in [1.54, 1.807) is 4.52 Å². The van der Waals surface area contributed by atoms with Crippen molar-refractivity contribution in [3.63, 3.8) is 0 Å². The van der Waals surface area contributed by atoms with Gasteiger partial charge in [0.25, 0.3) is 5.78 Å².